The molecule has 1 saturated heterocycles. The van der Waals surface area contributed by atoms with E-state index >= 15 is 0 Å². The van der Waals surface area contributed by atoms with Crippen molar-refractivity contribution >= 4 is 0 Å². The van der Waals surface area contributed by atoms with Gasteiger partial charge in [0.2, 0.25) is 0 Å². The van der Waals surface area contributed by atoms with E-state index in [1.54, 1.807) is 0 Å². The van der Waals surface area contributed by atoms with Crippen LogP contribution in [0.1, 0.15) is 78.1 Å². The molecule has 2 unspecified atom stereocenters. The summed E-state index contributed by atoms with van der Waals surface area (Å²) in [4.78, 5) is 2.84. The summed E-state index contributed by atoms with van der Waals surface area (Å²) >= 11 is 0. The van der Waals surface area contributed by atoms with Gasteiger partial charge in [-0.15, -0.1) is 0 Å². The van der Waals surface area contributed by atoms with Gasteiger partial charge in [-0.05, 0) is 45.6 Å². The summed E-state index contributed by atoms with van der Waals surface area (Å²) in [5.74, 6) is 0. The average molecular weight is 266 g/mol. The van der Waals surface area contributed by atoms with Crippen molar-refractivity contribution in [2.75, 3.05) is 13.1 Å². The first-order chi connectivity index (χ1) is 9.31. The molecular weight excluding hydrogens is 232 g/mol. The van der Waals surface area contributed by atoms with Crippen LogP contribution < -0.4 is 5.32 Å². The Morgan fingerprint density at radius 2 is 1.68 bits per heavy atom. The Morgan fingerprint density at radius 1 is 1.00 bits per heavy atom. The summed E-state index contributed by atoms with van der Waals surface area (Å²) in [5.41, 5.74) is 0. The van der Waals surface area contributed by atoms with E-state index in [4.69, 9.17) is 0 Å². The van der Waals surface area contributed by atoms with Crippen LogP contribution in [0.15, 0.2) is 0 Å². The van der Waals surface area contributed by atoms with Gasteiger partial charge in [-0.3, -0.25) is 4.90 Å². The van der Waals surface area contributed by atoms with Gasteiger partial charge in [-0.1, -0.05) is 39.0 Å². The second kappa shape index (κ2) is 8.26. The van der Waals surface area contributed by atoms with Crippen LogP contribution in [0.2, 0.25) is 0 Å². The number of nitrogens with zero attached hydrogens (tertiary/aromatic N) is 1. The highest BCUT2D eigenvalue weighted by atomic mass is 15.2. The molecule has 0 amide bonds. The zero-order valence-electron chi connectivity index (χ0n) is 13.2. The Hall–Kier alpha value is -0.0800. The van der Waals surface area contributed by atoms with Gasteiger partial charge in [0, 0.05) is 24.7 Å². The molecule has 1 aliphatic carbocycles. The second-order valence-electron chi connectivity index (χ2n) is 6.76. The molecular formula is C17H34N2. The molecule has 19 heavy (non-hydrogen) atoms. The Kier molecular flexibility index (Phi) is 6.66. The maximum Gasteiger partial charge on any atom is 0.00980 e. The van der Waals surface area contributed by atoms with Crippen LogP contribution >= 0.6 is 0 Å². The van der Waals surface area contributed by atoms with Crippen LogP contribution in [0.3, 0.4) is 0 Å². The highest BCUT2D eigenvalue weighted by molar-refractivity contribution is 4.87. The summed E-state index contributed by atoms with van der Waals surface area (Å²) in [6, 6.07) is 2.45. The van der Waals surface area contributed by atoms with Crippen LogP contribution in [0.25, 0.3) is 0 Å². The van der Waals surface area contributed by atoms with Gasteiger partial charge in [-0.2, -0.15) is 0 Å². The zero-order chi connectivity index (χ0) is 13.5. The maximum atomic E-state index is 3.72. The largest absolute Gasteiger partial charge is 0.314 e. The zero-order valence-corrected chi connectivity index (χ0v) is 13.2. The van der Waals surface area contributed by atoms with Crippen molar-refractivity contribution in [3.63, 3.8) is 0 Å². The number of hydrogen-bond donors (Lipinski definition) is 1. The van der Waals surface area contributed by atoms with Crippen molar-refractivity contribution in [3.05, 3.63) is 0 Å². The lowest BCUT2D eigenvalue weighted by Gasteiger charge is -2.43. The SMILES string of the molecule is CCCNC1CCN(C2CCCCCCC2)C(C)C1. The second-order valence-corrected chi connectivity index (χ2v) is 6.76. The van der Waals surface area contributed by atoms with E-state index in [1.807, 2.05) is 0 Å². The number of hydrogen-bond acceptors (Lipinski definition) is 2. The first-order valence-corrected chi connectivity index (χ1v) is 8.80. The van der Waals surface area contributed by atoms with E-state index in [2.05, 4.69) is 24.1 Å². The molecule has 0 aromatic heterocycles. The minimum Gasteiger partial charge on any atom is -0.314 e. The number of likely N-dealkylation sites (tertiary alicyclic amines) is 1. The van der Waals surface area contributed by atoms with Crippen LogP contribution in [0.4, 0.5) is 0 Å². The number of rotatable bonds is 4. The third-order valence-electron chi connectivity index (χ3n) is 5.15. The molecule has 112 valence electrons. The van der Waals surface area contributed by atoms with Gasteiger partial charge in [0.1, 0.15) is 0 Å². The summed E-state index contributed by atoms with van der Waals surface area (Å²) < 4.78 is 0. The van der Waals surface area contributed by atoms with Crippen LogP contribution in [-0.4, -0.2) is 36.1 Å². The molecule has 2 rings (SSSR count). The number of piperidine rings is 1. The average Bonchev–Trinajstić information content (AvgIpc) is 2.37. The van der Waals surface area contributed by atoms with Crippen molar-refractivity contribution in [1.82, 2.24) is 10.2 Å². The molecule has 0 radical (unpaired) electrons. The van der Waals surface area contributed by atoms with E-state index in [0.717, 1.165) is 18.1 Å². The molecule has 1 aliphatic heterocycles. The lowest BCUT2D eigenvalue weighted by atomic mass is 9.90. The molecule has 1 saturated carbocycles. The summed E-state index contributed by atoms with van der Waals surface area (Å²) in [6.45, 7) is 7.24. The standard InChI is InChI=1S/C17H34N2/c1-3-12-18-16-11-13-19(15(2)14-16)17-9-7-5-4-6-8-10-17/h15-18H,3-14H2,1-2H3. The van der Waals surface area contributed by atoms with Gasteiger partial charge in [0.25, 0.3) is 0 Å². The Balaban J connectivity index is 1.80. The van der Waals surface area contributed by atoms with Gasteiger partial charge < -0.3 is 5.32 Å². The number of nitrogens with one attached hydrogen (secondary N) is 1. The molecule has 2 atom stereocenters. The van der Waals surface area contributed by atoms with Crippen molar-refractivity contribution in [3.8, 4) is 0 Å². The Labute approximate surface area is 120 Å². The Bertz CT molecular complexity index is 233. The molecule has 2 aliphatic rings. The van der Waals surface area contributed by atoms with Crippen molar-refractivity contribution in [2.24, 2.45) is 0 Å². The molecule has 0 aromatic carbocycles. The minimum atomic E-state index is 0.778. The fraction of sp³-hybridized carbons (Fsp3) is 1.00. The van der Waals surface area contributed by atoms with Crippen LogP contribution in [-0.2, 0) is 0 Å². The van der Waals surface area contributed by atoms with Gasteiger partial charge in [0.15, 0.2) is 0 Å². The molecule has 0 bridgehead atoms. The van der Waals surface area contributed by atoms with Crippen molar-refractivity contribution in [2.45, 2.75) is 96.2 Å². The summed E-state index contributed by atoms with van der Waals surface area (Å²) in [6.07, 6.45) is 14.2. The quantitative estimate of drug-likeness (QED) is 0.829. The summed E-state index contributed by atoms with van der Waals surface area (Å²) in [5, 5.41) is 3.72. The van der Waals surface area contributed by atoms with Gasteiger partial charge >= 0.3 is 0 Å². The lowest BCUT2D eigenvalue weighted by Crippen LogP contribution is -2.51. The third-order valence-corrected chi connectivity index (χ3v) is 5.15. The molecule has 0 spiro atoms. The van der Waals surface area contributed by atoms with E-state index in [0.29, 0.717) is 0 Å². The van der Waals surface area contributed by atoms with Crippen LogP contribution in [0.5, 0.6) is 0 Å². The van der Waals surface area contributed by atoms with Crippen molar-refractivity contribution in [1.29, 1.82) is 0 Å². The summed E-state index contributed by atoms with van der Waals surface area (Å²) in [7, 11) is 0. The first-order valence-electron chi connectivity index (χ1n) is 8.80. The third kappa shape index (κ3) is 4.75. The first kappa shape index (κ1) is 15.3. The molecule has 1 N–H and O–H groups in total. The highest BCUT2D eigenvalue weighted by Crippen LogP contribution is 2.27. The fourth-order valence-corrected chi connectivity index (χ4v) is 4.03. The molecule has 2 fully saturated rings. The topological polar surface area (TPSA) is 15.3 Å². The Morgan fingerprint density at radius 3 is 2.32 bits per heavy atom. The molecule has 2 nitrogen and oxygen atoms in total. The minimum absolute atomic E-state index is 0.778. The van der Waals surface area contributed by atoms with Gasteiger partial charge in [0.05, 0.1) is 0 Å². The lowest BCUT2D eigenvalue weighted by molar-refractivity contribution is 0.0733. The molecule has 2 heteroatoms. The van der Waals surface area contributed by atoms with Crippen LogP contribution in [0, 0.1) is 0 Å². The smallest absolute Gasteiger partial charge is 0.00980 e. The predicted molar refractivity (Wildman–Crippen MR) is 83.6 cm³/mol. The normalized spacial score (nSPS) is 31.9. The maximum absolute atomic E-state index is 3.72. The molecule has 1 heterocycles. The van der Waals surface area contributed by atoms with E-state index in [-0.39, 0.29) is 0 Å². The highest BCUT2D eigenvalue weighted by Gasteiger charge is 2.29. The monoisotopic (exact) mass is 266 g/mol. The fourth-order valence-electron chi connectivity index (χ4n) is 4.03. The van der Waals surface area contributed by atoms with Gasteiger partial charge in [-0.25, -0.2) is 0 Å². The van der Waals surface area contributed by atoms with E-state index in [9.17, 15) is 0 Å². The van der Waals surface area contributed by atoms with E-state index in [1.165, 1.54) is 77.3 Å². The molecule has 0 aromatic rings. The van der Waals surface area contributed by atoms with E-state index < -0.39 is 0 Å². The predicted octanol–water partition coefficient (Wildman–Crippen LogP) is 3.95. The van der Waals surface area contributed by atoms with Crippen molar-refractivity contribution < 1.29 is 0 Å².